The lowest BCUT2D eigenvalue weighted by Crippen LogP contribution is -2.53. The highest BCUT2D eigenvalue weighted by Crippen LogP contribution is 2.47. The predicted molar refractivity (Wildman–Crippen MR) is 289 cm³/mol. The van der Waals surface area contributed by atoms with Crippen molar-refractivity contribution in [1.82, 2.24) is 4.57 Å². The molecule has 5 heterocycles. The van der Waals surface area contributed by atoms with E-state index >= 15 is 0 Å². The number of para-hydroxylation sites is 3. The molecule has 7 aromatic carbocycles. The highest BCUT2D eigenvalue weighted by atomic mass is 32.1. The maximum absolute atomic E-state index is 7.05. The van der Waals surface area contributed by atoms with Gasteiger partial charge in [0.15, 0.2) is 28.9 Å². The predicted octanol–water partition coefficient (Wildman–Crippen LogP) is 15.2. The number of hydrogen-bond acceptors (Lipinski definition) is 2. The number of nitrogens with zero attached hydrogens (tertiary/aromatic N) is 3. The monoisotopic (exact) mass is 919 g/mol. The number of pyridine rings is 1. The standard InChI is InChI=1S/C62H57N3OSSi/c1-8-52-45(49-37-58-51(47-21-13-17-25-57(47)67-58)36-50(49)55-35-43(34-39(2)3)59(38-64(52)55)68(5,6)7)32-28-42-29-33-48-46-20-12-16-24-56(46)66-61(48)60(42)62-63(4)53-22-14-15-23-54(53)65(62)44-30-26-41(27-31-44)40-18-10-9-11-19-40/h8-27,29-31,33,35-39,45,52H,1,28,32,34H2,2-7H3/q+2. The molecule has 4 nitrogen and oxygen atoms in total. The summed E-state index contributed by atoms with van der Waals surface area (Å²) >= 11 is 1.92. The van der Waals surface area contributed by atoms with E-state index in [-0.39, 0.29) is 12.0 Å². The van der Waals surface area contributed by atoms with Gasteiger partial charge in [-0.1, -0.05) is 143 Å². The topological polar surface area (TPSA) is 25.8 Å². The second-order valence-electron chi connectivity index (χ2n) is 20.5. The second-order valence-corrected chi connectivity index (χ2v) is 26.6. The smallest absolute Gasteiger partial charge is 0.298 e. The fourth-order valence-corrected chi connectivity index (χ4v) is 14.3. The zero-order valence-electron chi connectivity index (χ0n) is 39.9. The minimum Gasteiger partial charge on any atom is -0.455 e. The van der Waals surface area contributed by atoms with Gasteiger partial charge < -0.3 is 4.42 Å². The third kappa shape index (κ3) is 6.91. The summed E-state index contributed by atoms with van der Waals surface area (Å²) in [6.07, 6.45) is 7.65. The van der Waals surface area contributed by atoms with Crippen molar-refractivity contribution in [1.29, 1.82) is 0 Å². The Labute approximate surface area is 404 Å². The highest BCUT2D eigenvalue weighted by molar-refractivity contribution is 7.25. The Morgan fingerprint density at radius 1 is 0.721 bits per heavy atom. The fraction of sp³-hybridized carbons (Fsp3) is 0.194. The molecule has 1 aliphatic heterocycles. The van der Waals surface area contributed by atoms with Gasteiger partial charge in [-0.25, -0.2) is 4.57 Å². The van der Waals surface area contributed by atoms with Crippen LogP contribution in [0.5, 0.6) is 0 Å². The van der Waals surface area contributed by atoms with Crippen molar-refractivity contribution in [2.75, 3.05) is 0 Å². The Balaban J connectivity index is 1.06. The van der Waals surface area contributed by atoms with Crippen molar-refractivity contribution < 1.29 is 13.6 Å². The Kier molecular flexibility index (Phi) is 10.3. The summed E-state index contributed by atoms with van der Waals surface area (Å²) in [5.74, 6) is 1.85. The molecule has 0 bridgehead atoms. The molecule has 0 radical (unpaired) electrons. The van der Waals surface area contributed by atoms with Gasteiger partial charge in [0.25, 0.3) is 5.82 Å². The van der Waals surface area contributed by atoms with Crippen LogP contribution in [0.25, 0.3) is 92.6 Å². The van der Waals surface area contributed by atoms with Crippen LogP contribution in [0.2, 0.25) is 19.6 Å². The lowest BCUT2D eigenvalue weighted by atomic mass is 9.78. The summed E-state index contributed by atoms with van der Waals surface area (Å²) in [6, 6.07) is 58.4. The number of thiophene rings is 1. The zero-order valence-corrected chi connectivity index (χ0v) is 41.7. The van der Waals surface area contributed by atoms with Crippen LogP contribution in [0.1, 0.15) is 48.9 Å². The number of aryl methyl sites for hydroxylation is 2. The SMILES string of the molecule is C=CC1C(CCc2ccc3c(oc4ccccc43)c2-c2n(-c3ccc(-c4ccccc4)cc3)c3ccccc3[n+]2C)c2cc3sc4ccccc4c3cc2-c2cc(CC(C)C)c([Si](C)(C)C)c[n+]21. The van der Waals surface area contributed by atoms with Gasteiger partial charge in [0.05, 0.1) is 26.6 Å². The first-order valence-corrected chi connectivity index (χ1v) is 28.6. The van der Waals surface area contributed by atoms with E-state index in [0.717, 1.165) is 69.3 Å². The van der Waals surface area contributed by atoms with E-state index in [1.54, 1.807) is 5.19 Å². The third-order valence-corrected chi connectivity index (χ3v) is 17.9. The number of hydrogen-bond donors (Lipinski definition) is 0. The minimum absolute atomic E-state index is 0.0802. The first-order valence-electron chi connectivity index (χ1n) is 24.3. The van der Waals surface area contributed by atoms with E-state index in [4.69, 9.17) is 4.42 Å². The van der Waals surface area contributed by atoms with Gasteiger partial charge in [-0.2, -0.15) is 9.13 Å². The molecule has 0 spiro atoms. The molecule has 11 aromatic rings. The Bertz CT molecular complexity index is 3770. The van der Waals surface area contributed by atoms with E-state index in [9.17, 15) is 0 Å². The summed E-state index contributed by atoms with van der Waals surface area (Å²) in [7, 11) is 0.491. The van der Waals surface area contributed by atoms with Gasteiger partial charge in [0.2, 0.25) is 5.69 Å². The highest BCUT2D eigenvalue weighted by Gasteiger charge is 2.41. The van der Waals surface area contributed by atoms with E-state index < -0.39 is 8.07 Å². The van der Waals surface area contributed by atoms with Gasteiger partial charge in [-0.05, 0) is 108 Å². The lowest BCUT2D eigenvalue weighted by Gasteiger charge is -2.31. The molecule has 12 rings (SSSR count). The van der Waals surface area contributed by atoms with E-state index in [1.807, 2.05) is 11.3 Å². The van der Waals surface area contributed by atoms with Gasteiger partial charge in [0, 0.05) is 42.2 Å². The maximum atomic E-state index is 7.05. The summed E-state index contributed by atoms with van der Waals surface area (Å²) in [4.78, 5) is 0. The number of benzene rings is 7. The van der Waals surface area contributed by atoms with Crippen LogP contribution >= 0.6 is 11.3 Å². The molecule has 334 valence electrons. The Morgan fingerprint density at radius 3 is 2.22 bits per heavy atom. The molecule has 4 aromatic heterocycles. The molecule has 0 aliphatic carbocycles. The van der Waals surface area contributed by atoms with Crippen LogP contribution in [0.15, 0.2) is 181 Å². The number of imidazole rings is 1. The van der Waals surface area contributed by atoms with Crippen molar-refractivity contribution in [3.63, 3.8) is 0 Å². The van der Waals surface area contributed by atoms with Crippen LogP contribution < -0.4 is 14.3 Å². The van der Waals surface area contributed by atoms with Crippen molar-refractivity contribution in [3.05, 3.63) is 193 Å². The van der Waals surface area contributed by atoms with Gasteiger partial charge in [0.1, 0.15) is 16.8 Å². The normalized spacial score (nSPS) is 15.0. The van der Waals surface area contributed by atoms with Crippen LogP contribution in [0, 0.1) is 5.92 Å². The molecule has 2 atom stereocenters. The van der Waals surface area contributed by atoms with Crippen LogP contribution in [-0.4, -0.2) is 12.6 Å². The van der Waals surface area contributed by atoms with Crippen LogP contribution in [0.3, 0.4) is 0 Å². The number of fused-ring (bicyclic) bond motifs is 10. The van der Waals surface area contributed by atoms with Crippen LogP contribution in [0.4, 0.5) is 0 Å². The van der Waals surface area contributed by atoms with Crippen LogP contribution in [-0.2, 0) is 19.9 Å². The van der Waals surface area contributed by atoms with E-state index in [0.29, 0.717) is 5.92 Å². The average Bonchev–Trinajstić information content (AvgIpc) is 4.01. The number of furan rings is 1. The fourth-order valence-electron chi connectivity index (χ4n) is 11.5. The van der Waals surface area contributed by atoms with Gasteiger partial charge >= 0.3 is 0 Å². The average molecular weight is 920 g/mol. The molecule has 0 N–H and O–H groups in total. The summed E-state index contributed by atoms with van der Waals surface area (Å²) in [5.41, 5.74) is 15.7. The largest absolute Gasteiger partial charge is 0.455 e. The van der Waals surface area contributed by atoms with Crippen molar-refractivity contribution in [2.24, 2.45) is 13.0 Å². The molecule has 1 aliphatic rings. The molecular weight excluding hydrogens is 863 g/mol. The van der Waals surface area contributed by atoms with Crippen molar-refractivity contribution >= 4 is 77.7 Å². The Hall–Kier alpha value is -6.86. The Morgan fingerprint density at radius 2 is 1.44 bits per heavy atom. The third-order valence-electron chi connectivity index (χ3n) is 14.7. The first-order chi connectivity index (χ1) is 33.1. The summed E-state index contributed by atoms with van der Waals surface area (Å²) in [6.45, 7) is 16.9. The lowest BCUT2D eigenvalue weighted by molar-refractivity contribution is -0.706. The molecular formula is C62H57N3OSSi+2. The maximum Gasteiger partial charge on any atom is 0.298 e. The van der Waals surface area contributed by atoms with Crippen molar-refractivity contribution in [2.45, 2.75) is 64.7 Å². The summed E-state index contributed by atoms with van der Waals surface area (Å²) < 4.78 is 17.2. The van der Waals surface area contributed by atoms with E-state index in [1.165, 1.54) is 59.2 Å². The second kappa shape index (κ2) is 16.4. The van der Waals surface area contributed by atoms with Gasteiger partial charge in [-0.3, -0.25) is 0 Å². The minimum atomic E-state index is -1.73. The van der Waals surface area contributed by atoms with E-state index in [2.05, 4.69) is 231 Å². The molecule has 68 heavy (non-hydrogen) atoms. The molecule has 6 heteroatoms. The number of rotatable bonds is 10. The molecule has 0 fully saturated rings. The molecule has 2 unspecified atom stereocenters. The number of aromatic nitrogens is 3. The molecule has 0 saturated heterocycles. The first kappa shape index (κ1) is 42.5. The van der Waals surface area contributed by atoms with Crippen molar-refractivity contribution in [3.8, 4) is 39.5 Å². The molecule has 0 saturated carbocycles. The summed E-state index contributed by atoms with van der Waals surface area (Å²) in [5, 5.41) is 6.51. The van der Waals surface area contributed by atoms with Gasteiger partial charge in [-0.15, -0.1) is 11.3 Å². The quantitative estimate of drug-likeness (QED) is 0.0762. The zero-order chi connectivity index (χ0) is 46.4. The molecule has 0 amide bonds. The number of allylic oxidation sites excluding steroid dienone is 1.